The molecule has 27 heavy (non-hydrogen) atoms. The molecule has 0 aliphatic carbocycles. The van der Waals surface area contributed by atoms with Crippen molar-refractivity contribution in [3.8, 4) is 0 Å². The highest BCUT2D eigenvalue weighted by atomic mass is 32.1. The van der Waals surface area contributed by atoms with Crippen LogP contribution in [0.4, 0.5) is 0 Å². The standard InChI is InChI=1S/C20H21N3O3S/c24-19-11-21-17-7-1-2-8-18(17)23(19)14-20(25)22(12-15-5-3-9-26-15)13-16-6-4-10-27-16/h1-2,4,6-8,10-11,15H,3,5,9,12-14H2. The number of aromatic nitrogens is 2. The summed E-state index contributed by atoms with van der Waals surface area (Å²) in [7, 11) is 0. The molecular formula is C20H21N3O3S. The predicted molar refractivity (Wildman–Crippen MR) is 105 cm³/mol. The monoisotopic (exact) mass is 383 g/mol. The Kier molecular flexibility index (Phi) is 5.31. The predicted octanol–water partition coefficient (Wildman–Crippen LogP) is 2.67. The molecule has 140 valence electrons. The van der Waals surface area contributed by atoms with Gasteiger partial charge in [-0.15, -0.1) is 11.3 Å². The fourth-order valence-electron chi connectivity index (χ4n) is 3.39. The zero-order valence-corrected chi connectivity index (χ0v) is 15.7. The van der Waals surface area contributed by atoms with Crippen LogP contribution in [0.5, 0.6) is 0 Å². The van der Waals surface area contributed by atoms with Gasteiger partial charge in [-0.3, -0.25) is 14.2 Å². The van der Waals surface area contributed by atoms with E-state index < -0.39 is 0 Å². The quantitative estimate of drug-likeness (QED) is 0.656. The number of para-hydroxylation sites is 2. The lowest BCUT2D eigenvalue weighted by Crippen LogP contribution is -2.40. The third-order valence-electron chi connectivity index (χ3n) is 4.77. The third-order valence-corrected chi connectivity index (χ3v) is 5.63. The molecule has 1 amide bonds. The molecule has 0 bridgehead atoms. The fourth-order valence-corrected chi connectivity index (χ4v) is 4.11. The van der Waals surface area contributed by atoms with E-state index in [2.05, 4.69) is 4.98 Å². The first-order valence-corrected chi connectivity index (χ1v) is 9.95. The number of benzene rings is 1. The highest BCUT2D eigenvalue weighted by molar-refractivity contribution is 7.09. The summed E-state index contributed by atoms with van der Waals surface area (Å²) in [6.45, 7) is 1.84. The van der Waals surface area contributed by atoms with Gasteiger partial charge in [0.1, 0.15) is 6.54 Å². The van der Waals surface area contributed by atoms with Crippen LogP contribution < -0.4 is 5.56 Å². The third kappa shape index (κ3) is 4.09. The molecule has 1 saturated heterocycles. The van der Waals surface area contributed by atoms with Crippen molar-refractivity contribution < 1.29 is 9.53 Å². The summed E-state index contributed by atoms with van der Waals surface area (Å²) in [5.74, 6) is -0.0858. The minimum absolute atomic E-state index is 0.0000378. The highest BCUT2D eigenvalue weighted by Crippen LogP contribution is 2.18. The van der Waals surface area contributed by atoms with Crippen molar-refractivity contribution in [1.82, 2.24) is 14.5 Å². The summed E-state index contributed by atoms with van der Waals surface area (Å²) in [6.07, 6.45) is 3.34. The number of thiophene rings is 1. The van der Waals surface area contributed by atoms with Crippen LogP contribution in [0.25, 0.3) is 11.0 Å². The lowest BCUT2D eigenvalue weighted by Gasteiger charge is -2.25. The maximum atomic E-state index is 13.1. The van der Waals surface area contributed by atoms with Crippen LogP contribution in [0, 0.1) is 0 Å². The van der Waals surface area contributed by atoms with Gasteiger partial charge in [-0.25, -0.2) is 4.98 Å². The van der Waals surface area contributed by atoms with Gasteiger partial charge in [-0.1, -0.05) is 18.2 Å². The van der Waals surface area contributed by atoms with E-state index in [1.165, 1.54) is 10.8 Å². The molecule has 1 aliphatic rings. The summed E-state index contributed by atoms with van der Waals surface area (Å²) in [5.41, 5.74) is 1.11. The number of nitrogens with zero attached hydrogens (tertiary/aromatic N) is 3. The van der Waals surface area contributed by atoms with E-state index in [9.17, 15) is 9.59 Å². The van der Waals surface area contributed by atoms with E-state index in [4.69, 9.17) is 4.74 Å². The van der Waals surface area contributed by atoms with Crippen molar-refractivity contribution in [2.75, 3.05) is 13.2 Å². The lowest BCUT2D eigenvalue weighted by molar-refractivity contribution is -0.134. The van der Waals surface area contributed by atoms with E-state index in [0.29, 0.717) is 24.1 Å². The van der Waals surface area contributed by atoms with Gasteiger partial charge in [0.05, 0.1) is 29.9 Å². The molecule has 1 atom stereocenters. The largest absolute Gasteiger partial charge is 0.376 e. The van der Waals surface area contributed by atoms with Crippen LogP contribution in [0.3, 0.4) is 0 Å². The Morgan fingerprint density at radius 3 is 2.96 bits per heavy atom. The molecule has 1 fully saturated rings. The molecule has 4 rings (SSSR count). The molecule has 6 nitrogen and oxygen atoms in total. The number of fused-ring (bicyclic) bond motifs is 1. The van der Waals surface area contributed by atoms with E-state index in [0.717, 1.165) is 24.3 Å². The fraction of sp³-hybridized carbons (Fsp3) is 0.350. The number of carbonyl (C=O) groups is 1. The van der Waals surface area contributed by atoms with E-state index in [1.54, 1.807) is 11.3 Å². The molecule has 0 spiro atoms. The summed E-state index contributed by atoms with van der Waals surface area (Å²) in [6, 6.07) is 11.4. The van der Waals surface area contributed by atoms with Crippen LogP contribution in [0.2, 0.25) is 0 Å². The Morgan fingerprint density at radius 1 is 1.30 bits per heavy atom. The Hall–Kier alpha value is -2.51. The zero-order valence-electron chi connectivity index (χ0n) is 14.9. The normalized spacial score (nSPS) is 16.7. The number of carbonyl (C=O) groups excluding carboxylic acids is 1. The lowest BCUT2D eigenvalue weighted by atomic mass is 10.2. The minimum Gasteiger partial charge on any atom is -0.376 e. The molecule has 1 aliphatic heterocycles. The maximum absolute atomic E-state index is 13.1. The second-order valence-electron chi connectivity index (χ2n) is 6.66. The molecule has 0 N–H and O–H groups in total. The number of rotatable bonds is 6. The molecule has 1 aromatic carbocycles. The molecule has 3 aromatic rings. The summed E-state index contributed by atoms with van der Waals surface area (Å²) < 4.78 is 7.23. The summed E-state index contributed by atoms with van der Waals surface area (Å²) in [5, 5.41) is 2.00. The molecule has 2 aromatic heterocycles. The number of ether oxygens (including phenoxy) is 1. The Bertz CT molecular complexity index is 978. The van der Waals surface area contributed by atoms with Gasteiger partial charge in [0, 0.05) is 18.0 Å². The van der Waals surface area contributed by atoms with Crippen LogP contribution in [0.1, 0.15) is 17.7 Å². The summed E-state index contributed by atoms with van der Waals surface area (Å²) >= 11 is 1.63. The van der Waals surface area contributed by atoms with Gasteiger partial charge in [-0.2, -0.15) is 0 Å². The first kappa shape index (κ1) is 17.9. The Balaban J connectivity index is 1.59. The molecule has 3 heterocycles. The van der Waals surface area contributed by atoms with E-state index in [1.807, 2.05) is 46.7 Å². The Morgan fingerprint density at radius 2 is 2.19 bits per heavy atom. The topological polar surface area (TPSA) is 64.4 Å². The molecule has 7 heteroatoms. The first-order valence-electron chi connectivity index (χ1n) is 9.07. The van der Waals surface area contributed by atoms with Crippen molar-refractivity contribution in [3.05, 3.63) is 63.2 Å². The van der Waals surface area contributed by atoms with Gasteiger partial charge >= 0.3 is 0 Å². The zero-order chi connectivity index (χ0) is 18.6. The molecule has 0 radical (unpaired) electrons. The van der Waals surface area contributed by atoms with Gasteiger partial charge in [0.2, 0.25) is 5.91 Å². The van der Waals surface area contributed by atoms with Gasteiger partial charge in [-0.05, 0) is 36.4 Å². The van der Waals surface area contributed by atoms with Crippen molar-refractivity contribution in [2.45, 2.75) is 32.0 Å². The first-order chi connectivity index (χ1) is 13.2. The highest BCUT2D eigenvalue weighted by Gasteiger charge is 2.24. The number of amides is 1. The second kappa shape index (κ2) is 8.02. The average Bonchev–Trinajstić information content (AvgIpc) is 3.37. The summed E-state index contributed by atoms with van der Waals surface area (Å²) in [4.78, 5) is 32.6. The molecule has 0 saturated carbocycles. The maximum Gasteiger partial charge on any atom is 0.269 e. The van der Waals surface area contributed by atoms with Crippen LogP contribution in [-0.4, -0.2) is 39.6 Å². The van der Waals surface area contributed by atoms with Crippen molar-refractivity contribution in [1.29, 1.82) is 0 Å². The van der Waals surface area contributed by atoms with Crippen molar-refractivity contribution >= 4 is 28.3 Å². The van der Waals surface area contributed by atoms with E-state index in [-0.39, 0.29) is 24.1 Å². The van der Waals surface area contributed by atoms with Crippen LogP contribution in [0.15, 0.2) is 52.8 Å². The number of hydrogen-bond donors (Lipinski definition) is 0. The molecular weight excluding hydrogens is 362 g/mol. The van der Waals surface area contributed by atoms with E-state index >= 15 is 0 Å². The molecule has 1 unspecified atom stereocenters. The van der Waals surface area contributed by atoms with Crippen molar-refractivity contribution in [2.24, 2.45) is 0 Å². The smallest absolute Gasteiger partial charge is 0.269 e. The Labute approximate surface area is 161 Å². The SMILES string of the molecule is O=C(Cn1c(=O)cnc2ccccc21)N(Cc1cccs1)CC1CCCO1. The van der Waals surface area contributed by atoms with Crippen LogP contribution in [-0.2, 0) is 22.6 Å². The minimum atomic E-state index is -0.268. The number of hydrogen-bond acceptors (Lipinski definition) is 5. The van der Waals surface area contributed by atoms with Gasteiger partial charge in [0.25, 0.3) is 5.56 Å². The van der Waals surface area contributed by atoms with Gasteiger partial charge < -0.3 is 9.64 Å². The second-order valence-corrected chi connectivity index (χ2v) is 7.69. The van der Waals surface area contributed by atoms with Gasteiger partial charge in [0.15, 0.2) is 0 Å². The van der Waals surface area contributed by atoms with Crippen molar-refractivity contribution in [3.63, 3.8) is 0 Å². The van der Waals surface area contributed by atoms with Crippen LogP contribution >= 0.6 is 11.3 Å². The average molecular weight is 383 g/mol.